The first-order valence-corrected chi connectivity index (χ1v) is 9.71. The topological polar surface area (TPSA) is 147 Å². The second-order valence-corrected chi connectivity index (χ2v) is 7.24. The molecule has 0 aliphatic rings. The fraction of sp³-hybridized carbons (Fsp3) is 0.130. The van der Waals surface area contributed by atoms with Crippen LogP contribution in [-0.4, -0.2) is 43.2 Å². The summed E-state index contributed by atoms with van der Waals surface area (Å²) in [7, 11) is 3.61. The van der Waals surface area contributed by atoms with Gasteiger partial charge in [-0.25, -0.2) is 4.79 Å². The van der Waals surface area contributed by atoms with E-state index in [-0.39, 0.29) is 42.8 Å². The van der Waals surface area contributed by atoms with Crippen molar-refractivity contribution < 1.29 is 14.3 Å². The number of amides is 1. The van der Waals surface area contributed by atoms with Crippen molar-refractivity contribution in [2.75, 3.05) is 19.4 Å². The van der Waals surface area contributed by atoms with Crippen molar-refractivity contribution in [3.05, 3.63) is 71.3 Å². The van der Waals surface area contributed by atoms with Crippen molar-refractivity contribution in [3.8, 4) is 5.75 Å². The highest BCUT2D eigenvalue weighted by molar-refractivity contribution is 6.01. The van der Waals surface area contributed by atoms with E-state index < -0.39 is 11.9 Å². The van der Waals surface area contributed by atoms with Crippen LogP contribution in [0, 0.1) is 5.41 Å². The quantitative estimate of drug-likeness (QED) is 0.122. The molecule has 180 valence electrons. The second kappa shape index (κ2) is 12.4. The number of nitrogens with two attached hydrogens (primary N) is 2. The lowest BCUT2D eigenvalue weighted by Gasteiger charge is -2.13. The predicted molar refractivity (Wildman–Crippen MR) is 140 cm³/mol. The van der Waals surface area contributed by atoms with Crippen LogP contribution in [0.2, 0.25) is 0 Å². The largest absolute Gasteiger partial charge is 0.423 e. The highest BCUT2D eigenvalue weighted by Gasteiger charge is 2.16. The molecule has 0 atom stereocenters. The van der Waals surface area contributed by atoms with Gasteiger partial charge in [0, 0.05) is 30.9 Å². The molecular formula is C23H26Cl2N6O3. The number of primary amides is 1. The monoisotopic (exact) mass is 504 g/mol. The van der Waals surface area contributed by atoms with Crippen molar-refractivity contribution in [2.24, 2.45) is 16.6 Å². The summed E-state index contributed by atoms with van der Waals surface area (Å²) >= 11 is 0. The number of ether oxygens (including phenoxy) is 1. The number of hydrogen-bond acceptors (Lipinski definition) is 6. The van der Waals surface area contributed by atoms with E-state index in [0.29, 0.717) is 22.1 Å². The number of hydrogen-bond donors (Lipinski definition) is 4. The summed E-state index contributed by atoms with van der Waals surface area (Å²) in [6.07, 6.45) is 1.43. The molecule has 34 heavy (non-hydrogen) atoms. The minimum atomic E-state index is -0.566. The van der Waals surface area contributed by atoms with Gasteiger partial charge in [0.25, 0.3) is 0 Å². The Morgan fingerprint density at radius 3 is 2.26 bits per heavy atom. The number of anilines is 1. The molecule has 1 amide bonds. The average molecular weight is 505 g/mol. The maximum Gasteiger partial charge on any atom is 0.343 e. The molecule has 0 saturated heterocycles. The second-order valence-electron chi connectivity index (χ2n) is 7.24. The zero-order valence-corrected chi connectivity index (χ0v) is 20.2. The van der Waals surface area contributed by atoms with Gasteiger partial charge in [0.15, 0.2) is 0 Å². The van der Waals surface area contributed by atoms with Gasteiger partial charge in [-0.2, -0.15) is 5.10 Å². The highest BCUT2D eigenvalue weighted by atomic mass is 35.5. The molecule has 0 aliphatic carbocycles. The summed E-state index contributed by atoms with van der Waals surface area (Å²) in [4.78, 5) is 24.4. The standard InChI is InChI=1S/C23H24N6O3.2ClH/c1-29(2)28-13-27-17-7-3-14(4-8-17)23(31)32-20-10-6-15-11-16(22(25)26)5-9-18(15)19(20)12-21(24)30;;/h3-11,13H,12H2,1-2H3,(H2,24,30)(H3,25,26)(H,27,28);2*1H. The smallest absolute Gasteiger partial charge is 0.343 e. The number of nitrogens with zero attached hydrogens (tertiary/aromatic N) is 2. The Bertz CT molecular complexity index is 1210. The Morgan fingerprint density at radius 2 is 1.68 bits per heavy atom. The molecule has 0 bridgehead atoms. The molecular weight excluding hydrogens is 479 g/mol. The SMILES string of the molecule is CN(C)/N=C/Nc1ccc(C(=O)Oc2ccc3cc(C(=N)N)ccc3c2CC(N)=O)cc1.Cl.Cl. The summed E-state index contributed by atoms with van der Waals surface area (Å²) in [6, 6.07) is 15.2. The highest BCUT2D eigenvalue weighted by Crippen LogP contribution is 2.30. The van der Waals surface area contributed by atoms with Gasteiger partial charge < -0.3 is 26.5 Å². The summed E-state index contributed by atoms with van der Waals surface area (Å²) in [5, 5.41) is 17.7. The molecule has 0 spiro atoms. The van der Waals surface area contributed by atoms with Gasteiger partial charge in [-0.05, 0) is 47.2 Å². The van der Waals surface area contributed by atoms with Crippen LogP contribution in [0.3, 0.4) is 0 Å². The lowest BCUT2D eigenvalue weighted by molar-refractivity contribution is -0.117. The van der Waals surface area contributed by atoms with E-state index in [1.54, 1.807) is 73.7 Å². The summed E-state index contributed by atoms with van der Waals surface area (Å²) in [6.45, 7) is 0. The van der Waals surface area contributed by atoms with Crippen LogP contribution < -0.4 is 21.5 Å². The number of amidine groups is 1. The van der Waals surface area contributed by atoms with E-state index in [0.717, 1.165) is 11.1 Å². The molecule has 11 heteroatoms. The number of fused-ring (bicyclic) bond motifs is 1. The predicted octanol–water partition coefficient (Wildman–Crippen LogP) is 3.13. The Kier molecular flexibility index (Phi) is 10.3. The van der Waals surface area contributed by atoms with E-state index in [2.05, 4.69) is 10.4 Å². The maximum absolute atomic E-state index is 12.7. The van der Waals surface area contributed by atoms with Crippen LogP contribution in [-0.2, 0) is 11.2 Å². The third-order valence-electron chi connectivity index (χ3n) is 4.59. The third-order valence-corrected chi connectivity index (χ3v) is 4.59. The fourth-order valence-electron chi connectivity index (χ4n) is 3.07. The van der Waals surface area contributed by atoms with E-state index >= 15 is 0 Å². The number of rotatable bonds is 8. The lowest BCUT2D eigenvalue weighted by atomic mass is 9.98. The Morgan fingerprint density at radius 1 is 1.03 bits per heavy atom. The molecule has 0 fully saturated rings. The number of benzene rings is 3. The Hall–Kier alpha value is -3.82. The van der Waals surface area contributed by atoms with E-state index in [1.807, 2.05) is 0 Å². The van der Waals surface area contributed by atoms with Crippen molar-refractivity contribution in [1.29, 1.82) is 5.41 Å². The number of esters is 1. The lowest BCUT2D eigenvalue weighted by Crippen LogP contribution is -2.16. The van der Waals surface area contributed by atoms with Crippen LogP contribution in [0.25, 0.3) is 10.8 Å². The van der Waals surface area contributed by atoms with Crippen LogP contribution in [0.4, 0.5) is 5.69 Å². The van der Waals surface area contributed by atoms with Crippen LogP contribution >= 0.6 is 24.8 Å². The Labute approximate surface area is 209 Å². The molecule has 6 N–H and O–H groups in total. The van der Waals surface area contributed by atoms with Gasteiger partial charge in [0.1, 0.15) is 17.9 Å². The van der Waals surface area contributed by atoms with Gasteiger partial charge in [0.2, 0.25) is 5.91 Å². The molecule has 0 saturated carbocycles. The number of hydrazone groups is 1. The molecule has 3 aromatic carbocycles. The number of halogens is 2. The number of nitrogens with one attached hydrogen (secondary N) is 2. The molecule has 0 aliphatic heterocycles. The van der Waals surface area contributed by atoms with Crippen LogP contribution in [0.5, 0.6) is 5.75 Å². The molecule has 0 unspecified atom stereocenters. The number of nitrogen functional groups attached to an aromatic ring is 1. The van der Waals surface area contributed by atoms with Gasteiger partial charge in [-0.1, -0.05) is 18.2 Å². The van der Waals surface area contributed by atoms with Crippen LogP contribution in [0.15, 0.2) is 59.7 Å². The number of carbonyl (C=O) groups excluding carboxylic acids is 2. The minimum Gasteiger partial charge on any atom is -0.423 e. The van der Waals surface area contributed by atoms with Crippen molar-refractivity contribution in [1.82, 2.24) is 5.01 Å². The fourth-order valence-corrected chi connectivity index (χ4v) is 3.07. The first-order chi connectivity index (χ1) is 15.2. The normalized spacial score (nSPS) is 10.2. The molecule has 0 aromatic heterocycles. The third kappa shape index (κ3) is 7.09. The van der Waals surface area contributed by atoms with Gasteiger partial charge in [0.05, 0.1) is 12.0 Å². The molecule has 0 radical (unpaired) electrons. The van der Waals surface area contributed by atoms with Crippen molar-refractivity contribution in [2.45, 2.75) is 6.42 Å². The minimum absolute atomic E-state index is 0. The summed E-state index contributed by atoms with van der Waals surface area (Å²) < 4.78 is 5.60. The van der Waals surface area contributed by atoms with E-state index in [1.165, 1.54) is 6.34 Å². The van der Waals surface area contributed by atoms with E-state index in [9.17, 15) is 9.59 Å². The first-order valence-electron chi connectivity index (χ1n) is 9.71. The van der Waals surface area contributed by atoms with Crippen molar-refractivity contribution in [3.63, 3.8) is 0 Å². The molecule has 9 nitrogen and oxygen atoms in total. The maximum atomic E-state index is 12.7. The van der Waals surface area contributed by atoms with Gasteiger partial charge in [-0.15, -0.1) is 24.8 Å². The summed E-state index contributed by atoms with van der Waals surface area (Å²) in [5.41, 5.74) is 13.1. The molecule has 3 rings (SSSR count). The Balaban J connectivity index is 0.00000289. The molecule has 3 aromatic rings. The van der Waals surface area contributed by atoms with Crippen molar-refractivity contribution >= 4 is 65.3 Å². The average Bonchev–Trinajstić information content (AvgIpc) is 2.74. The zero-order chi connectivity index (χ0) is 23.3. The zero-order valence-electron chi connectivity index (χ0n) is 18.6. The molecule has 0 heterocycles. The van der Waals surface area contributed by atoms with Crippen LogP contribution in [0.1, 0.15) is 21.5 Å². The summed E-state index contributed by atoms with van der Waals surface area (Å²) in [5.74, 6) is -0.939. The first kappa shape index (κ1) is 28.2. The van der Waals surface area contributed by atoms with Gasteiger partial charge in [-0.3, -0.25) is 10.2 Å². The van der Waals surface area contributed by atoms with E-state index in [4.69, 9.17) is 21.6 Å². The van der Waals surface area contributed by atoms with Gasteiger partial charge >= 0.3 is 5.97 Å². The number of carbonyl (C=O) groups is 2.